The minimum Gasteiger partial charge on any atom is -0.367 e. The number of carbonyl (C=O) groups is 1. The zero-order valence-electron chi connectivity index (χ0n) is 10.7. The van der Waals surface area contributed by atoms with Crippen LogP contribution >= 0.6 is 0 Å². The van der Waals surface area contributed by atoms with Crippen LogP contribution in [0.1, 0.15) is 46.0 Å². The van der Waals surface area contributed by atoms with Crippen LogP contribution in [0.15, 0.2) is 0 Å². The van der Waals surface area contributed by atoms with Gasteiger partial charge in [0.25, 0.3) is 0 Å². The van der Waals surface area contributed by atoms with Crippen molar-refractivity contribution in [3.05, 3.63) is 0 Å². The molecule has 0 N–H and O–H groups in total. The highest BCUT2D eigenvalue weighted by Crippen LogP contribution is 2.42. The first-order valence-electron chi connectivity index (χ1n) is 6.52. The number of hydrogen-bond donors (Lipinski definition) is 0. The van der Waals surface area contributed by atoms with Crippen molar-refractivity contribution < 1.29 is 9.53 Å². The van der Waals surface area contributed by atoms with E-state index in [0.29, 0.717) is 30.9 Å². The molecule has 2 saturated heterocycles. The molecule has 2 aliphatic rings. The van der Waals surface area contributed by atoms with Gasteiger partial charge in [-0.15, -0.1) is 0 Å². The summed E-state index contributed by atoms with van der Waals surface area (Å²) in [6.07, 6.45) is 4.87. The summed E-state index contributed by atoms with van der Waals surface area (Å²) in [5.74, 6) is 0.305. The Hall–Kier alpha value is -0.410. The summed E-state index contributed by atoms with van der Waals surface area (Å²) in [5, 5.41) is 0. The molecule has 0 aliphatic carbocycles. The van der Waals surface area contributed by atoms with Gasteiger partial charge in [-0.05, 0) is 39.7 Å². The van der Waals surface area contributed by atoms with Crippen molar-refractivity contribution >= 4 is 5.78 Å². The Balaban J connectivity index is 2.19. The zero-order valence-corrected chi connectivity index (χ0v) is 10.7. The molecule has 2 bridgehead atoms. The van der Waals surface area contributed by atoms with Gasteiger partial charge in [-0.3, -0.25) is 4.79 Å². The standard InChI is InChI=1S/C13H23NO2/c1-4-12(15)13(16-5-2)8-10-6-7-11(9-13)14(10)3/h10-11H,4-9H2,1-3H3. The second-order valence-corrected chi connectivity index (χ2v) is 5.16. The Morgan fingerprint density at radius 1 is 1.31 bits per heavy atom. The number of piperidine rings is 1. The van der Waals surface area contributed by atoms with Crippen molar-refractivity contribution in [2.45, 2.75) is 63.6 Å². The highest BCUT2D eigenvalue weighted by molar-refractivity contribution is 5.87. The first kappa shape index (κ1) is 12.1. The van der Waals surface area contributed by atoms with E-state index in [9.17, 15) is 4.79 Å². The summed E-state index contributed by atoms with van der Waals surface area (Å²) >= 11 is 0. The maximum atomic E-state index is 12.2. The Morgan fingerprint density at radius 2 is 1.88 bits per heavy atom. The molecule has 2 fully saturated rings. The van der Waals surface area contributed by atoms with Crippen LogP contribution in [0.5, 0.6) is 0 Å². The van der Waals surface area contributed by atoms with Crippen molar-refractivity contribution in [1.29, 1.82) is 0 Å². The SMILES string of the molecule is CCOC1(C(=O)CC)CC2CCC(C1)N2C. The molecule has 3 heteroatoms. The number of Topliss-reactive ketones (excluding diaryl/α,β-unsaturated/α-hetero) is 1. The third-order valence-corrected chi connectivity index (χ3v) is 4.37. The molecule has 3 nitrogen and oxygen atoms in total. The second-order valence-electron chi connectivity index (χ2n) is 5.16. The van der Waals surface area contributed by atoms with E-state index in [1.54, 1.807) is 0 Å². The minimum absolute atomic E-state index is 0.305. The van der Waals surface area contributed by atoms with Crippen LogP contribution < -0.4 is 0 Å². The Labute approximate surface area is 98.1 Å². The van der Waals surface area contributed by atoms with Crippen LogP contribution in [-0.4, -0.2) is 42.0 Å². The van der Waals surface area contributed by atoms with Gasteiger partial charge in [0.15, 0.2) is 5.78 Å². The lowest BCUT2D eigenvalue weighted by Crippen LogP contribution is -2.54. The molecule has 0 aromatic heterocycles. The molecule has 2 unspecified atom stereocenters. The summed E-state index contributed by atoms with van der Waals surface area (Å²) in [6.45, 7) is 4.59. The number of nitrogens with zero attached hydrogens (tertiary/aromatic N) is 1. The summed E-state index contributed by atoms with van der Waals surface area (Å²) in [7, 11) is 2.19. The van der Waals surface area contributed by atoms with Crippen LogP contribution in [0, 0.1) is 0 Å². The predicted molar refractivity (Wildman–Crippen MR) is 63.5 cm³/mol. The summed E-state index contributed by atoms with van der Waals surface area (Å²) in [5.41, 5.74) is -0.457. The van der Waals surface area contributed by atoms with E-state index in [2.05, 4.69) is 11.9 Å². The molecule has 16 heavy (non-hydrogen) atoms. The fourth-order valence-electron chi connectivity index (χ4n) is 3.45. The molecule has 0 radical (unpaired) electrons. The van der Waals surface area contributed by atoms with Gasteiger partial charge < -0.3 is 9.64 Å². The molecule has 0 spiro atoms. The van der Waals surface area contributed by atoms with E-state index < -0.39 is 5.60 Å². The molecule has 2 rings (SSSR count). The van der Waals surface area contributed by atoms with E-state index >= 15 is 0 Å². The summed E-state index contributed by atoms with van der Waals surface area (Å²) in [4.78, 5) is 14.6. The van der Waals surface area contributed by atoms with Gasteiger partial charge in [-0.2, -0.15) is 0 Å². The first-order valence-corrected chi connectivity index (χ1v) is 6.52. The second kappa shape index (κ2) is 4.46. The van der Waals surface area contributed by atoms with Crippen molar-refractivity contribution in [2.75, 3.05) is 13.7 Å². The van der Waals surface area contributed by atoms with Crippen LogP contribution in [0.4, 0.5) is 0 Å². The van der Waals surface area contributed by atoms with E-state index in [-0.39, 0.29) is 0 Å². The van der Waals surface area contributed by atoms with Gasteiger partial charge in [0.2, 0.25) is 0 Å². The molecule has 0 aromatic rings. The monoisotopic (exact) mass is 225 g/mol. The number of ether oxygens (including phenoxy) is 1. The van der Waals surface area contributed by atoms with Crippen molar-refractivity contribution in [2.24, 2.45) is 0 Å². The topological polar surface area (TPSA) is 29.5 Å². The smallest absolute Gasteiger partial charge is 0.164 e. The lowest BCUT2D eigenvalue weighted by atomic mass is 9.81. The molecular formula is C13H23NO2. The number of fused-ring (bicyclic) bond motifs is 2. The summed E-state index contributed by atoms with van der Waals surface area (Å²) < 4.78 is 5.88. The fraction of sp³-hybridized carbons (Fsp3) is 0.923. The van der Waals surface area contributed by atoms with Gasteiger partial charge >= 0.3 is 0 Å². The molecule has 92 valence electrons. The van der Waals surface area contributed by atoms with Gasteiger partial charge in [0.05, 0.1) is 0 Å². The number of carbonyl (C=O) groups excluding carboxylic acids is 1. The maximum Gasteiger partial charge on any atom is 0.164 e. The normalized spacial score (nSPS) is 38.9. The van der Waals surface area contributed by atoms with Crippen LogP contribution in [0.25, 0.3) is 0 Å². The maximum absolute atomic E-state index is 12.2. The average Bonchev–Trinajstić information content (AvgIpc) is 2.53. The van der Waals surface area contributed by atoms with Crippen molar-refractivity contribution in [3.8, 4) is 0 Å². The van der Waals surface area contributed by atoms with E-state index in [0.717, 1.165) is 12.8 Å². The highest BCUT2D eigenvalue weighted by Gasteiger charge is 2.50. The fourth-order valence-corrected chi connectivity index (χ4v) is 3.45. The predicted octanol–water partition coefficient (Wildman–Crippen LogP) is 2.00. The van der Waals surface area contributed by atoms with Gasteiger partial charge in [0.1, 0.15) is 5.60 Å². The zero-order chi connectivity index (χ0) is 11.8. The molecule has 2 heterocycles. The summed E-state index contributed by atoms with van der Waals surface area (Å²) in [6, 6.07) is 1.11. The lowest BCUT2D eigenvalue weighted by Gasteiger charge is -2.43. The van der Waals surface area contributed by atoms with Crippen LogP contribution in [0.3, 0.4) is 0 Å². The lowest BCUT2D eigenvalue weighted by molar-refractivity contribution is -0.154. The molecule has 0 amide bonds. The van der Waals surface area contributed by atoms with E-state index in [4.69, 9.17) is 4.74 Å². The quantitative estimate of drug-likeness (QED) is 0.733. The van der Waals surface area contributed by atoms with Crippen LogP contribution in [0.2, 0.25) is 0 Å². The number of ketones is 1. The first-order chi connectivity index (χ1) is 7.63. The molecule has 2 atom stereocenters. The molecule has 0 saturated carbocycles. The molecule has 2 aliphatic heterocycles. The van der Waals surface area contributed by atoms with Crippen LogP contribution in [-0.2, 0) is 9.53 Å². The third-order valence-electron chi connectivity index (χ3n) is 4.37. The minimum atomic E-state index is -0.457. The number of rotatable bonds is 4. The Bertz CT molecular complexity index is 263. The third kappa shape index (κ3) is 1.80. The highest BCUT2D eigenvalue weighted by atomic mass is 16.5. The van der Waals surface area contributed by atoms with Crippen molar-refractivity contribution in [3.63, 3.8) is 0 Å². The van der Waals surface area contributed by atoms with Gasteiger partial charge in [0, 0.05) is 25.1 Å². The largest absolute Gasteiger partial charge is 0.367 e. The van der Waals surface area contributed by atoms with Gasteiger partial charge in [-0.1, -0.05) is 6.92 Å². The van der Waals surface area contributed by atoms with E-state index in [1.165, 1.54) is 12.8 Å². The Kier molecular flexibility index (Phi) is 3.36. The molecule has 0 aromatic carbocycles. The van der Waals surface area contributed by atoms with Crippen molar-refractivity contribution in [1.82, 2.24) is 4.90 Å². The van der Waals surface area contributed by atoms with Gasteiger partial charge in [-0.25, -0.2) is 0 Å². The Morgan fingerprint density at radius 3 is 2.31 bits per heavy atom. The van der Waals surface area contributed by atoms with E-state index in [1.807, 2.05) is 13.8 Å². The molecular weight excluding hydrogens is 202 g/mol. The average molecular weight is 225 g/mol. The number of hydrogen-bond acceptors (Lipinski definition) is 3.